The Labute approximate surface area is 364 Å². The van der Waals surface area contributed by atoms with Crippen LogP contribution < -0.4 is 9.80 Å². The zero-order chi connectivity index (χ0) is 42.9. The van der Waals surface area contributed by atoms with Crippen LogP contribution in [0.4, 0.5) is 28.9 Å². The number of carbonyl (C=O) groups excluding carboxylic acids is 2. The third-order valence-electron chi connectivity index (χ3n) is 10.5. The van der Waals surface area contributed by atoms with Crippen molar-refractivity contribution in [1.82, 2.24) is 0 Å². The second-order valence-corrected chi connectivity index (χ2v) is 16.2. The van der Waals surface area contributed by atoms with Crippen molar-refractivity contribution in [2.45, 2.75) is 104 Å². The van der Waals surface area contributed by atoms with E-state index in [1.807, 2.05) is 24.3 Å². The summed E-state index contributed by atoms with van der Waals surface area (Å²) in [6.45, 7) is 13.2. The average molecular weight is 853 g/mol. The third kappa shape index (κ3) is 17.4. The zero-order valence-electron chi connectivity index (χ0n) is 35.8. The van der Waals surface area contributed by atoms with Gasteiger partial charge in [0.2, 0.25) is 11.8 Å². The Morgan fingerprint density at radius 2 is 0.915 bits per heavy atom. The van der Waals surface area contributed by atoms with Crippen molar-refractivity contribution in [2.75, 3.05) is 37.1 Å². The summed E-state index contributed by atoms with van der Waals surface area (Å²) in [4.78, 5) is 28.8. The number of carbonyl (C=O) groups is 2. The van der Waals surface area contributed by atoms with E-state index in [1.54, 1.807) is 62.8 Å². The van der Waals surface area contributed by atoms with E-state index in [1.165, 1.54) is 21.9 Å². The van der Waals surface area contributed by atoms with Crippen molar-refractivity contribution in [3.63, 3.8) is 0 Å². The van der Waals surface area contributed by atoms with Gasteiger partial charge in [0.05, 0.1) is 11.2 Å². The Balaban J connectivity index is 0.000000400. The molecule has 0 saturated carbocycles. The second-order valence-electron chi connectivity index (χ2n) is 16.2. The molecule has 0 N–H and O–H groups in total. The summed E-state index contributed by atoms with van der Waals surface area (Å²) in [6, 6.07) is 26.4. The molecule has 4 aromatic rings. The molecule has 0 aromatic heterocycles. The van der Waals surface area contributed by atoms with Gasteiger partial charge in [-0.1, -0.05) is 75.9 Å². The molecular formula is C48H60F4N2O4Ti. The van der Waals surface area contributed by atoms with Crippen molar-refractivity contribution in [1.29, 1.82) is 0 Å². The topological polar surface area (TPSA) is 59.1 Å². The number of ether oxygens (including phenoxy) is 2. The number of benzene rings is 4. The number of anilines is 2. The maximum absolute atomic E-state index is 14.4. The fourth-order valence-corrected chi connectivity index (χ4v) is 6.37. The minimum atomic E-state index is -0.858. The zero-order valence-corrected chi connectivity index (χ0v) is 37.4. The Morgan fingerprint density at radius 1 is 0.576 bits per heavy atom. The van der Waals surface area contributed by atoms with E-state index in [4.69, 9.17) is 9.47 Å². The van der Waals surface area contributed by atoms with Crippen LogP contribution in [0.15, 0.2) is 84.9 Å². The molecule has 4 rings (SSSR count). The van der Waals surface area contributed by atoms with E-state index in [9.17, 15) is 27.2 Å². The average Bonchev–Trinajstić information content (AvgIpc) is 3.20. The van der Waals surface area contributed by atoms with Gasteiger partial charge < -0.3 is 19.3 Å². The molecule has 0 heterocycles. The van der Waals surface area contributed by atoms with Gasteiger partial charge in [-0.2, -0.15) is 0 Å². The summed E-state index contributed by atoms with van der Waals surface area (Å²) in [6.07, 6.45) is 7.30. The Kier molecular flexibility index (Phi) is 21.8. The standard InChI is InChI=1S/2C24H30F2NO2.Ti/c2*1-18(9-8-15-24(2,3)29-4)14-16-27(22-13-12-20(25)17-21(22)26)23(28)19-10-6-5-7-11-19;/h2*5-7,10-13,18H,8-9,14-16H2,1-4H3;/q2*-1;+2. The summed E-state index contributed by atoms with van der Waals surface area (Å²) in [5.41, 5.74) is 0.724. The Hall–Kier alpha value is -3.83. The molecule has 0 radical (unpaired) electrons. The van der Waals surface area contributed by atoms with Crippen LogP contribution in [0.3, 0.4) is 0 Å². The van der Waals surface area contributed by atoms with Gasteiger partial charge >= 0.3 is 21.7 Å². The number of rotatable bonds is 20. The molecule has 0 spiro atoms. The van der Waals surface area contributed by atoms with E-state index < -0.39 is 23.3 Å². The summed E-state index contributed by atoms with van der Waals surface area (Å²) in [5, 5.41) is 0. The maximum Gasteiger partial charge on any atom is 2.00 e. The maximum atomic E-state index is 14.4. The van der Waals surface area contributed by atoms with Crippen molar-refractivity contribution in [2.24, 2.45) is 11.8 Å². The number of amides is 2. The van der Waals surface area contributed by atoms with E-state index in [0.29, 0.717) is 48.9 Å². The van der Waals surface area contributed by atoms with E-state index in [0.717, 1.165) is 50.7 Å². The van der Waals surface area contributed by atoms with Gasteiger partial charge in [0.25, 0.3) is 0 Å². The minimum absolute atomic E-state index is 0. The molecule has 0 bridgehead atoms. The van der Waals surface area contributed by atoms with Gasteiger partial charge in [-0.15, -0.1) is 36.4 Å². The molecule has 0 fully saturated rings. The molecule has 6 nitrogen and oxygen atoms in total. The summed E-state index contributed by atoms with van der Waals surface area (Å²) < 4.78 is 66.3. The van der Waals surface area contributed by atoms with Crippen LogP contribution in [-0.4, -0.2) is 50.3 Å². The van der Waals surface area contributed by atoms with Crippen LogP contribution in [0, 0.1) is 47.2 Å². The second kappa shape index (κ2) is 25.1. The molecule has 0 aliphatic carbocycles. The first-order chi connectivity index (χ1) is 27.5. The first kappa shape index (κ1) is 51.3. The molecule has 0 saturated heterocycles. The molecule has 0 aliphatic rings. The van der Waals surface area contributed by atoms with Crippen molar-refractivity contribution < 1.29 is 58.3 Å². The molecule has 318 valence electrons. The van der Waals surface area contributed by atoms with Gasteiger partial charge in [-0.05, 0) is 101 Å². The molecule has 2 unspecified atom stereocenters. The first-order valence-electron chi connectivity index (χ1n) is 20.1. The molecule has 2 atom stereocenters. The Morgan fingerprint density at radius 3 is 1.22 bits per heavy atom. The third-order valence-corrected chi connectivity index (χ3v) is 10.5. The molecule has 2 amide bonds. The van der Waals surface area contributed by atoms with E-state index in [-0.39, 0.29) is 56.1 Å². The quantitative estimate of drug-likeness (QED) is 0.0505. The number of methoxy groups -OCH3 is 2. The normalized spacial score (nSPS) is 12.4. The summed E-state index contributed by atoms with van der Waals surface area (Å²) in [7, 11) is 3.43. The van der Waals surface area contributed by atoms with Crippen LogP contribution >= 0.6 is 0 Å². The molecule has 11 heteroatoms. The van der Waals surface area contributed by atoms with Gasteiger partial charge in [-0.3, -0.25) is 9.59 Å². The van der Waals surface area contributed by atoms with Gasteiger partial charge in [0, 0.05) is 61.7 Å². The van der Waals surface area contributed by atoms with E-state index in [2.05, 4.69) is 41.5 Å². The fourth-order valence-electron chi connectivity index (χ4n) is 6.37. The first-order valence-corrected chi connectivity index (χ1v) is 20.1. The van der Waals surface area contributed by atoms with Crippen LogP contribution in [0.2, 0.25) is 0 Å². The van der Waals surface area contributed by atoms with Crippen molar-refractivity contribution >= 4 is 23.2 Å². The van der Waals surface area contributed by atoms with E-state index >= 15 is 0 Å². The molecule has 59 heavy (non-hydrogen) atoms. The number of hydrogen-bond donors (Lipinski definition) is 0. The predicted molar refractivity (Wildman–Crippen MR) is 224 cm³/mol. The van der Waals surface area contributed by atoms with Gasteiger partial charge in [0.15, 0.2) is 0 Å². The minimum Gasteiger partial charge on any atom is -0.379 e. The molecule has 4 aromatic carbocycles. The van der Waals surface area contributed by atoms with Gasteiger partial charge in [-0.25, -0.2) is 17.6 Å². The largest absolute Gasteiger partial charge is 2.00 e. The van der Waals surface area contributed by atoms with Crippen LogP contribution in [0.1, 0.15) is 114 Å². The summed E-state index contributed by atoms with van der Waals surface area (Å²) in [5.74, 6) is -3.20. The smallest absolute Gasteiger partial charge is 0.379 e. The van der Waals surface area contributed by atoms with Gasteiger partial charge in [0.1, 0.15) is 0 Å². The fraction of sp³-hybridized carbons (Fsp3) is 0.458. The SMILES string of the molecule is COC(C)(C)CCCC(C)CCN(C(=O)c1ccccc1)c1ccc(F)[c-]c1F.COC(C)(C)CCCC(C)CCN(C(=O)c1ccccc1)c1ccc(F)[c-]c1F.[Ti+2]. The van der Waals surface area contributed by atoms with Crippen LogP contribution in [0.25, 0.3) is 0 Å². The number of halogens is 4. The number of hydrogen-bond acceptors (Lipinski definition) is 4. The van der Waals surface area contributed by atoms with Crippen molar-refractivity contribution in [3.8, 4) is 0 Å². The Bertz CT molecular complexity index is 1730. The molecular weight excluding hydrogens is 792 g/mol. The van der Waals surface area contributed by atoms with Crippen LogP contribution in [0.5, 0.6) is 0 Å². The summed E-state index contributed by atoms with van der Waals surface area (Å²) >= 11 is 0. The number of nitrogens with zero attached hydrogens (tertiary/aromatic N) is 2. The van der Waals surface area contributed by atoms with Crippen molar-refractivity contribution in [3.05, 3.63) is 131 Å². The van der Waals surface area contributed by atoms with Crippen LogP contribution in [-0.2, 0) is 31.2 Å². The monoisotopic (exact) mass is 852 g/mol. The predicted octanol–water partition coefficient (Wildman–Crippen LogP) is 12.1. The molecule has 0 aliphatic heterocycles.